The second kappa shape index (κ2) is 8.46. The molecule has 5 nitrogen and oxygen atoms in total. The van der Waals surface area contributed by atoms with Crippen LogP contribution >= 0.6 is 11.6 Å². The van der Waals surface area contributed by atoms with Crippen LogP contribution in [0.25, 0.3) is 0 Å². The lowest BCUT2D eigenvalue weighted by Crippen LogP contribution is -2.42. The van der Waals surface area contributed by atoms with Gasteiger partial charge < -0.3 is 15.4 Å². The molecule has 0 saturated carbocycles. The van der Waals surface area contributed by atoms with Crippen LogP contribution in [-0.4, -0.2) is 35.9 Å². The highest BCUT2D eigenvalue weighted by Crippen LogP contribution is 2.26. The van der Waals surface area contributed by atoms with E-state index in [1.807, 2.05) is 43.9 Å². The molecule has 3 rings (SSSR count). The number of nitrogens with two attached hydrogens (primary N) is 1. The standard InChI is InChI=1S/C23H27ClN2O3/c1-23(2,3)17-13-15(21(25)27)12-16(14-17)22(28)26-10-8-20(9-11-26)29-19-6-4-18(24)5-7-19/h4-7,12-14,20H,8-11H2,1-3H3,(H2,25,27). The number of amides is 2. The minimum atomic E-state index is -0.528. The number of benzene rings is 2. The first-order valence-electron chi connectivity index (χ1n) is 9.80. The first kappa shape index (κ1) is 21.2. The maximum Gasteiger partial charge on any atom is 0.253 e. The smallest absolute Gasteiger partial charge is 0.253 e. The number of halogens is 1. The number of hydrogen-bond donors (Lipinski definition) is 1. The van der Waals surface area contributed by atoms with Crippen molar-refractivity contribution in [2.24, 2.45) is 5.73 Å². The molecule has 1 fully saturated rings. The molecular weight excluding hydrogens is 388 g/mol. The third kappa shape index (κ3) is 5.30. The topological polar surface area (TPSA) is 72.6 Å². The summed E-state index contributed by atoms with van der Waals surface area (Å²) < 4.78 is 6.00. The van der Waals surface area contributed by atoms with E-state index < -0.39 is 5.91 Å². The van der Waals surface area contributed by atoms with E-state index in [0.29, 0.717) is 29.2 Å². The number of carbonyl (C=O) groups is 2. The monoisotopic (exact) mass is 414 g/mol. The molecule has 2 N–H and O–H groups in total. The molecule has 0 spiro atoms. The zero-order valence-corrected chi connectivity index (χ0v) is 17.8. The lowest BCUT2D eigenvalue weighted by Gasteiger charge is -2.32. The van der Waals surface area contributed by atoms with Crippen molar-refractivity contribution in [2.75, 3.05) is 13.1 Å². The fraction of sp³-hybridized carbons (Fsp3) is 0.391. The van der Waals surface area contributed by atoms with E-state index in [-0.39, 0.29) is 17.4 Å². The maximum atomic E-state index is 13.1. The number of carbonyl (C=O) groups excluding carboxylic acids is 2. The molecule has 6 heteroatoms. The molecule has 0 bridgehead atoms. The number of hydrogen-bond acceptors (Lipinski definition) is 3. The highest BCUT2D eigenvalue weighted by molar-refractivity contribution is 6.30. The molecule has 1 heterocycles. The van der Waals surface area contributed by atoms with Crippen molar-refractivity contribution >= 4 is 23.4 Å². The molecule has 0 unspecified atom stereocenters. The summed E-state index contributed by atoms with van der Waals surface area (Å²) in [5, 5.41) is 0.672. The van der Waals surface area contributed by atoms with E-state index >= 15 is 0 Å². The SMILES string of the molecule is CC(C)(C)c1cc(C(N)=O)cc(C(=O)N2CCC(Oc3ccc(Cl)cc3)CC2)c1. The van der Waals surface area contributed by atoms with Gasteiger partial charge in [0.1, 0.15) is 11.9 Å². The Morgan fingerprint density at radius 3 is 2.17 bits per heavy atom. The van der Waals surface area contributed by atoms with Gasteiger partial charge in [-0.2, -0.15) is 0 Å². The lowest BCUT2D eigenvalue weighted by molar-refractivity contribution is 0.0595. The van der Waals surface area contributed by atoms with Gasteiger partial charge in [-0.3, -0.25) is 9.59 Å². The third-order valence-electron chi connectivity index (χ3n) is 5.18. The van der Waals surface area contributed by atoms with Crippen molar-refractivity contribution in [3.8, 4) is 5.75 Å². The number of rotatable bonds is 4. The number of nitrogens with zero attached hydrogens (tertiary/aromatic N) is 1. The van der Waals surface area contributed by atoms with E-state index in [0.717, 1.165) is 24.2 Å². The van der Waals surface area contributed by atoms with Crippen molar-refractivity contribution in [3.05, 3.63) is 64.2 Å². The molecule has 0 atom stereocenters. The zero-order valence-electron chi connectivity index (χ0n) is 17.1. The second-order valence-corrected chi connectivity index (χ2v) is 8.91. The van der Waals surface area contributed by atoms with Gasteiger partial charge in [0.2, 0.25) is 5.91 Å². The Labute approximate surface area is 176 Å². The summed E-state index contributed by atoms with van der Waals surface area (Å²) in [6.45, 7) is 7.33. The molecule has 0 aromatic heterocycles. The Bertz CT molecular complexity index is 895. The number of ether oxygens (including phenoxy) is 1. The fourth-order valence-electron chi connectivity index (χ4n) is 3.39. The van der Waals surface area contributed by atoms with Crippen molar-refractivity contribution < 1.29 is 14.3 Å². The molecule has 0 radical (unpaired) electrons. The molecule has 1 saturated heterocycles. The largest absolute Gasteiger partial charge is 0.490 e. The number of likely N-dealkylation sites (tertiary alicyclic amines) is 1. The zero-order chi connectivity index (χ0) is 21.2. The third-order valence-corrected chi connectivity index (χ3v) is 5.43. The predicted octanol–water partition coefficient (Wildman–Crippen LogP) is 4.42. The van der Waals surface area contributed by atoms with Gasteiger partial charge in [-0.25, -0.2) is 0 Å². The van der Waals surface area contributed by atoms with E-state index in [1.165, 1.54) is 0 Å². The van der Waals surface area contributed by atoms with Crippen LogP contribution in [0.3, 0.4) is 0 Å². The van der Waals surface area contributed by atoms with Crippen molar-refractivity contribution in [1.82, 2.24) is 4.90 Å². The maximum absolute atomic E-state index is 13.1. The van der Waals surface area contributed by atoms with Gasteiger partial charge >= 0.3 is 0 Å². The van der Waals surface area contributed by atoms with Crippen LogP contribution in [-0.2, 0) is 5.41 Å². The van der Waals surface area contributed by atoms with E-state index in [4.69, 9.17) is 22.1 Å². The quantitative estimate of drug-likeness (QED) is 0.804. The molecule has 2 amide bonds. The van der Waals surface area contributed by atoms with Gasteiger partial charge in [0.15, 0.2) is 0 Å². The molecule has 154 valence electrons. The molecular formula is C23H27ClN2O3. The van der Waals surface area contributed by atoms with E-state index in [1.54, 1.807) is 24.3 Å². The molecule has 1 aliphatic heterocycles. The summed E-state index contributed by atoms with van der Waals surface area (Å²) in [7, 11) is 0. The first-order chi connectivity index (χ1) is 13.6. The molecule has 2 aromatic rings. The average molecular weight is 415 g/mol. The summed E-state index contributed by atoms with van der Waals surface area (Å²) in [4.78, 5) is 26.6. The van der Waals surface area contributed by atoms with Gasteiger partial charge in [-0.15, -0.1) is 0 Å². The minimum absolute atomic E-state index is 0.0577. The van der Waals surface area contributed by atoms with E-state index in [2.05, 4.69) is 0 Å². The average Bonchev–Trinajstić information content (AvgIpc) is 2.68. The van der Waals surface area contributed by atoms with Crippen LogP contribution in [0.5, 0.6) is 5.75 Å². The molecule has 29 heavy (non-hydrogen) atoms. The van der Waals surface area contributed by atoms with Gasteiger partial charge in [-0.1, -0.05) is 32.4 Å². The Morgan fingerprint density at radius 1 is 1.03 bits per heavy atom. The van der Waals surface area contributed by atoms with Crippen molar-refractivity contribution in [3.63, 3.8) is 0 Å². The van der Waals surface area contributed by atoms with Crippen LogP contribution in [0.2, 0.25) is 5.02 Å². The van der Waals surface area contributed by atoms with Crippen LogP contribution < -0.4 is 10.5 Å². The Kier molecular flexibility index (Phi) is 6.18. The predicted molar refractivity (Wildman–Crippen MR) is 115 cm³/mol. The van der Waals surface area contributed by atoms with Crippen LogP contribution in [0.15, 0.2) is 42.5 Å². The fourth-order valence-corrected chi connectivity index (χ4v) is 3.52. The van der Waals surface area contributed by atoms with E-state index in [9.17, 15) is 9.59 Å². The van der Waals surface area contributed by atoms with Gasteiger partial charge in [-0.05, 0) is 53.4 Å². The second-order valence-electron chi connectivity index (χ2n) is 8.48. The van der Waals surface area contributed by atoms with Crippen LogP contribution in [0.1, 0.15) is 59.9 Å². The molecule has 1 aliphatic rings. The first-order valence-corrected chi connectivity index (χ1v) is 10.2. The Balaban J connectivity index is 1.69. The molecule has 2 aromatic carbocycles. The summed E-state index contributed by atoms with van der Waals surface area (Å²) in [5.41, 5.74) is 7.07. The van der Waals surface area contributed by atoms with Gasteiger partial charge in [0, 0.05) is 42.1 Å². The van der Waals surface area contributed by atoms with Crippen molar-refractivity contribution in [1.29, 1.82) is 0 Å². The Morgan fingerprint density at radius 2 is 1.62 bits per heavy atom. The van der Waals surface area contributed by atoms with Crippen molar-refractivity contribution in [2.45, 2.75) is 45.1 Å². The normalized spacial score (nSPS) is 15.2. The van der Waals surface area contributed by atoms with Gasteiger partial charge in [0.05, 0.1) is 0 Å². The molecule has 0 aliphatic carbocycles. The summed E-state index contributed by atoms with van der Waals surface area (Å²) >= 11 is 5.91. The highest BCUT2D eigenvalue weighted by atomic mass is 35.5. The summed E-state index contributed by atoms with van der Waals surface area (Å²) in [6.07, 6.45) is 1.55. The van der Waals surface area contributed by atoms with Crippen LogP contribution in [0.4, 0.5) is 0 Å². The minimum Gasteiger partial charge on any atom is -0.490 e. The Hall–Kier alpha value is -2.53. The lowest BCUT2D eigenvalue weighted by atomic mass is 9.84. The van der Waals surface area contributed by atoms with Crippen LogP contribution in [0, 0.1) is 0 Å². The number of piperidine rings is 1. The summed E-state index contributed by atoms with van der Waals surface area (Å²) in [6, 6.07) is 12.5. The summed E-state index contributed by atoms with van der Waals surface area (Å²) in [5.74, 6) is 0.173. The van der Waals surface area contributed by atoms with Gasteiger partial charge in [0.25, 0.3) is 5.91 Å². The number of primary amides is 1. The highest BCUT2D eigenvalue weighted by Gasteiger charge is 2.26.